The van der Waals surface area contributed by atoms with Crippen LogP contribution in [-0.4, -0.2) is 48.1 Å². The van der Waals surface area contributed by atoms with E-state index in [9.17, 15) is 4.39 Å². The summed E-state index contributed by atoms with van der Waals surface area (Å²) in [6, 6.07) is 3.28. The molecule has 1 aromatic rings. The molecule has 0 aromatic carbocycles. The van der Waals surface area contributed by atoms with Gasteiger partial charge < -0.3 is 4.90 Å². The van der Waals surface area contributed by atoms with E-state index >= 15 is 0 Å². The molecule has 1 aliphatic heterocycles. The third kappa shape index (κ3) is 3.46. The van der Waals surface area contributed by atoms with Crippen molar-refractivity contribution in [2.75, 3.05) is 33.2 Å². The van der Waals surface area contributed by atoms with Gasteiger partial charge in [0.25, 0.3) is 0 Å². The normalized spacial score (nSPS) is 20.4. The second kappa shape index (κ2) is 5.53. The van der Waals surface area contributed by atoms with Crippen molar-refractivity contribution in [2.24, 2.45) is 0 Å². The number of halogens is 1. The molecular weight excluding hydrogens is 219 g/mol. The van der Waals surface area contributed by atoms with Crippen LogP contribution in [0.25, 0.3) is 0 Å². The number of nitrogens with one attached hydrogen (secondary N) is 1. The first-order valence-electron chi connectivity index (χ1n) is 5.96. The minimum absolute atomic E-state index is 0.110. The highest BCUT2D eigenvalue weighted by Crippen LogP contribution is 2.10. The summed E-state index contributed by atoms with van der Waals surface area (Å²) in [6.07, 6.45) is 1.26. The van der Waals surface area contributed by atoms with E-state index in [4.69, 9.17) is 0 Å². The van der Waals surface area contributed by atoms with E-state index in [0.717, 1.165) is 31.9 Å². The zero-order chi connectivity index (χ0) is 12.3. The molecule has 1 aliphatic rings. The first-order chi connectivity index (χ1) is 8.15. The predicted molar refractivity (Wildman–Crippen MR) is 64.8 cm³/mol. The van der Waals surface area contributed by atoms with Gasteiger partial charge in [-0.25, -0.2) is 14.8 Å². The number of likely N-dealkylation sites (N-methyl/N-ethyl adjacent to an activating group) is 1. The van der Waals surface area contributed by atoms with Crippen LogP contribution in [0, 0.1) is 5.82 Å². The van der Waals surface area contributed by atoms with E-state index in [-0.39, 0.29) is 11.9 Å². The van der Waals surface area contributed by atoms with Gasteiger partial charge in [-0.1, -0.05) is 0 Å². The Balaban J connectivity index is 1.88. The molecule has 1 unspecified atom stereocenters. The van der Waals surface area contributed by atoms with Crippen molar-refractivity contribution >= 4 is 0 Å². The highest BCUT2D eigenvalue weighted by Gasteiger charge is 2.16. The molecule has 0 aliphatic carbocycles. The average Bonchev–Trinajstić information content (AvgIpc) is 2.33. The van der Waals surface area contributed by atoms with Gasteiger partial charge in [0.2, 0.25) is 0 Å². The van der Waals surface area contributed by atoms with Gasteiger partial charge in [0, 0.05) is 26.2 Å². The van der Waals surface area contributed by atoms with Gasteiger partial charge in [0.05, 0.1) is 17.9 Å². The standard InChI is InChI=1S/C12H19FN4/c1-10(12-4-3-11(13)9-14-12)15-17-7-5-16(2)6-8-17/h3-4,9-10,15H,5-8H2,1-2H3. The maximum atomic E-state index is 12.8. The molecule has 0 amide bonds. The molecule has 0 spiro atoms. The van der Waals surface area contributed by atoms with E-state index in [1.807, 2.05) is 6.92 Å². The van der Waals surface area contributed by atoms with Crippen molar-refractivity contribution in [2.45, 2.75) is 13.0 Å². The summed E-state index contributed by atoms with van der Waals surface area (Å²) >= 11 is 0. The lowest BCUT2D eigenvalue weighted by Gasteiger charge is -2.34. The monoisotopic (exact) mass is 238 g/mol. The van der Waals surface area contributed by atoms with Gasteiger partial charge in [-0.3, -0.25) is 4.98 Å². The van der Waals surface area contributed by atoms with Crippen LogP contribution in [0.2, 0.25) is 0 Å². The third-order valence-corrected chi connectivity index (χ3v) is 3.07. The minimum Gasteiger partial charge on any atom is -0.304 e. The number of piperazine rings is 1. The predicted octanol–water partition coefficient (Wildman–Crippen LogP) is 1.03. The molecule has 17 heavy (non-hydrogen) atoms. The Morgan fingerprint density at radius 2 is 2.00 bits per heavy atom. The molecule has 0 radical (unpaired) electrons. The van der Waals surface area contributed by atoms with Crippen LogP contribution in [0.3, 0.4) is 0 Å². The molecule has 5 heteroatoms. The molecule has 4 nitrogen and oxygen atoms in total. The van der Waals surface area contributed by atoms with Crippen molar-refractivity contribution in [3.63, 3.8) is 0 Å². The summed E-state index contributed by atoms with van der Waals surface area (Å²) in [5.74, 6) is -0.291. The number of rotatable bonds is 3. The summed E-state index contributed by atoms with van der Waals surface area (Å²) in [7, 11) is 2.13. The molecular formula is C12H19FN4. The number of hydrogen-bond acceptors (Lipinski definition) is 4. The summed E-state index contributed by atoms with van der Waals surface area (Å²) < 4.78 is 12.8. The largest absolute Gasteiger partial charge is 0.304 e. The summed E-state index contributed by atoms with van der Waals surface area (Å²) in [5, 5.41) is 2.20. The Hall–Kier alpha value is -1.04. The second-order valence-electron chi connectivity index (χ2n) is 4.54. The average molecular weight is 238 g/mol. The first-order valence-corrected chi connectivity index (χ1v) is 5.96. The number of hydrogen-bond donors (Lipinski definition) is 1. The minimum atomic E-state index is -0.291. The van der Waals surface area contributed by atoms with Crippen LogP contribution >= 0.6 is 0 Å². The Kier molecular flexibility index (Phi) is 4.04. The van der Waals surface area contributed by atoms with Gasteiger partial charge in [-0.15, -0.1) is 0 Å². The van der Waals surface area contributed by atoms with Crippen LogP contribution in [0.5, 0.6) is 0 Å². The molecule has 2 rings (SSSR count). The van der Waals surface area contributed by atoms with E-state index in [1.165, 1.54) is 12.3 Å². The summed E-state index contributed by atoms with van der Waals surface area (Å²) in [6.45, 7) is 6.18. The van der Waals surface area contributed by atoms with Crippen molar-refractivity contribution in [1.82, 2.24) is 20.3 Å². The zero-order valence-electron chi connectivity index (χ0n) is 10.4. The summed E-state index contributed by atoms with van der Waals surface area (Å²) in [4.78, 5) is 6.39. The highest BCUT2D eigenvalue weighted by atomic mass is 19.1. The molecule has 1 N–H and O–H groups in total. The van der Waals surface area contributed by atoms with Gasteiger partial charge in [-0.2, -0.15) is 0 Å². The fraction of sp³-hybridized carbons (Fsp3) is 0.583. The lowest BCUT2D eigenvalue weighted by Crippen LogP contribution is -2.51. The second-order valence-corrected chi connectivity index (χ2v) is 4.54. The fourth-order valence-corrected chi connectivity index (χ4v) is 1.92. The van der Waals surface area contributed by atoms with Crippen molar-refractivity contribution < 1.29 is 4.39 Å². The maximum Gasteiger partial charge on any atom is 0.141 e. The third-order valence-electron chi connectivity index (χ3n) is 3.07. The fourth-order valence-electron chi connectivity index (χ4n) is 1.92. The van der Waals surface area contributed by atoms with Crippen molar-refractivity contribution in [3.05, 3.63) is 29.8 Å². The lowest BCUT2D eigenvalue weighted by atomic mass is 10.2. The molecule has 1 atom stereocenters. The topological polar surface area (TPSA) is 31.4 Å². The van der Waals surface area contributed by atoms with E-state index < -0.39 is 0 Å². The van der Waals surface area contributed by atoms with Crippen molar-refractivity contribution in [3.8, 4) is 0 Å². The Morgan fingerprint density at radius 1 is 1.29 bits per heavy atom. The smallest absolute Gasteiger partial charge is 0.141 e. The maximum absolute atomic E-state index is 12.8. The molecule has 94 valence electrons. The molecule has 2 heterocycles. The van der Waals surface area contributed by atoms with Crippen LogP contribution in [-0.2, 0) is 0 Å². The van der Waals surface area contributed by atoms with Gasteiger partial charge >= 0.3 is 0 Å². The van der Waals surface area contributed by atoms with Crippen molar-refractivity contribution in [1.29, 1.82) is 0 Å². The molecule has 1 saturated heterocycles. The number of aromatic nitrogens is 1. The van der Waals surface area contributed by atoms with Gasteiger partial charge in [0.15, 0.2) is 0 Å². The molecule has 0 saturated carbocycles. The molecule has 0 bridgehead atoms. The van der Waals surface area contributed by atoms with Gasteiger partial charge in [0.1, 0.15) is 5.82 Å². The van der Waals surface area contributed by atoms with E-state index in [0.29, 0.717) is 0 Å². The van der Waals surface area contributed by atoms with Crippen LogP contribution in [0.1, 0.15) is 18.7 Å². The van der Waals surface area contributed by atoms with E-state index in [2.05, 4.69) is 27.4 Å². The summed E-state index contributed by atoms with van der Waals surface area (Å²) in [5.41, 5.74) is 4.26. The Bertz CT molecular complexity index is 346. The van der Waals surface area contributed by atoms with Crippen LogP contribution < -0.4 is 5.43 Å². The number of hydrazine groups is 1. The number of pyridine rings is 1. The SMILES string of the molecule is CC(NN1CCN(C)CC1)c1ccc(F)cn1. The van der Waals surface area contributed by atoms with Crippen LogP contribution in [0.15, 0.2) is 18.3 Å². The lowest BCUT2D eigenvalue weighted by molar-refractivity contribution is 0.0891. The molecule has 1 aromatic heterocycles. The Morgan fingerprint density at radius 3 is 2.59 bits per heavy atom. The Labute approximate surface area is 101 Å². The first kappa shape index (κ1) is 12.4. The molecule has 1 fully saturated rings. The zero-order valence-corrected chi connectivity index (χ0v) is 10.4. The van der Waals surface area contributed by atoms with E-state index in [1.54, 1.807) is 6.07 Å². The van der Waals surface area contributed by atoms with Gasteiger partial charge in [-0.05, 0) is 26.1 Å². The quantitative estimate of drug-likeness (QED) is 0.852. The highest BCUT2D eigenvalue weighted by molar-refractivity contribution is 5.08. The van der Waals surface area contributed by atoms with Crippen LogP contribution in [0.4, 0.5) is 4.39 Å². The number of nitrogens with zero attached hydrogens (tertiary/aromatic N) is 3.